The molecule has 136 valence electrons. The van der Waals surface area contributed by atoms with Crippen LogP contribution in [-0.4, -0.2) is 46.6 Å². The van der Waals surface area contributed by atoms with Crippen LogP contribution in [0.25, 0.3) is 0 Å². The van der Waals surface area contributed by atoms with Gasteiger partial charge in [-0.05, 0) is 18.6 Å². The molecule has 1 aliphatic rings. The molecule has 2 aromatic heterocycles. The van der Waals surface area contributed by atoms with Gasteiger partial charge < -0.3 is 10.1 Å². The Kier molecular flexibility index (Phi) is 5.72. The second-order valence-corrected chi connectivity index (χ2v) is 7.24. The molecule has 1 atom stereocenters. The first-order valence-electron chi connectivity index (χ1n) is 8.18. The molecule has 0 bridgehead atoms. The second-order valence-electron chi connectivity index (χ2n) is 6.15. The number of hydrogen-bond donors (Lipinski definition) is 1. The molecule has 0 radical (unpaired) electrons. The Labute approximate surface area is 151 Å². The van der Waals surface area contributed by atoms with Gasteiger partial charge in [-0.1, -0.05) is 17.4 Å². The molecule has 0 aromatic carbocycles. The lowest BCUT2D eigenvalue weighted by Crippen LogP contribution is -2.42. The molecular weight excluding hydrogens is 343 g/mol. The standard InChI is InChI=1S/C17H21FN4O2S.H2/c1-11-3-4-13(8-19-11)7-14-9-22(5-6-24-14)10-15-16(18)21-17(25-15)20-12(2)23;/h3-4,8,14H,5-7,9-10H2,1-2H3,(H,20,21,23);1H/t14-;/m1./s1. The van der Waals surface area contributed by atoms with Crippen LogP contribution in [0, 0.1) is 12.9 Å². The van der Waals surface area contributed by atoms with Crippen LogP contribution in [0.2, 0.25) is 0 Å². The number of carbonyl (C=O) groups is 1. The topological polar surface area (TPSA) is 67.4 Å². The number of halogens is 1. The fourth-order valence-corrected chi connectivity index (χ4v) is 3.70. The van der Waals surface area contributed by atoms with Crippen LogP contribution in [0.1, 0.15) is 24.5 Å². The van der Waals surface area contributed by atoms with E-state index in [0.29, 0.717) is 23.2 Å². The zero-order valence-corrected chi connectivity index (χ0v) is 15.1. The van der Waals surface area contributed by atoms with Crippen molar-refractivity contribution in [2.24, 2.45) is 0 Å². The van der Waals surface area contributed by atoms with E-state index in [1.807, 2.05) is 19.2 Å². The number of amides is 1. The predicted octanol–water partition coefficient (Wildman–Crippen LogP) is 2.63. The summed E-state index contributed by atoms with van der Waals surface area (Å²) in [7, 11) is 0. The summed E-state index contributed by atoms with van der Waals surface area (Å²) >= 11 is 1.18. The summed E-state index contributed by atoms with van der Waals surface area (Å²) in [5, 5.41) is 2.83. The van der Waals surface area contributed by atoms with Crippen molar-refractivity contribution in [1.29, 1.82) is 0 Å². The number of carbonyl (C=O) groups excluding carboxylic acids is 1. The quantitative estimate of drug-likeness (QED) is 0.881. The van der Waals surface area contributed by atoms with Crippen molar-refractivity contribution in [2.45, 2.75) is 32.9 Å². The summed E-state index contributed by atoms with van der Waals surface area (Å²) in [6.45, 7) is 5.89. The van der Waals surface area contributed by atoms with Gasteiger partial charge in [0.25, 0.3) is 0 Å². The molecule has 25 heavy (non-hydrogen) atoms. The summed E-state index contributed by atoms with van der Waals surface area (Å²) in [5.74, 6) is -0.766. The van der Waals surface area contributed by atoms with E-state index < -0.39 is 5.95 Å². The molecule has 8 heteroatoms. The van der Waals surface area contributed by atoms with Crippen LogP contribution in [-0.2, 0) is 22.5 Å². The van der Waals surface area contributed by atoms with Crippen molar-refractivity contribution in [2.75, 3.05) is 25.0 Å². The number of anilines is 1. The first-order valence-corrected chi connectivity index (χ1v) is 8.99. The smallest absolute Gasteiger partial charge is 0.230 e. The Morgan fingerprint density at radius 3 is 3.12 bits per heavy atom. The molecule has 6 nitrogen and oxygen atoms in total. The van der Waals surface area contributed by atoms with Crippen molar-refractivity contribution in [1.82, 2.24) is 14.9 Å². The minimum atomic E-state index is -0.514. The number of rotatable bonds is 5. The number of aromatic nitrogens is 2. The van der Waals surface area contributed by atoms with E-state index in [2.05, 4.69) is 26.3 Å². The minimum absolute atomic E-state index is 0. The molecule has 1 saturated heterocycles. The van der Waals surface area contributed by atoms with E-state index in [1.165, 1.54) is 18.3 Å². The van der Waals surface area contributed by atoms with E-state index in [0.717, 1.165) is 30.8 Å². The van der Waals surface area contributed by atoms with Gasteiger partial charge in [-0.25, -0.2) is 0 Å². The van der Waals surface area contributed by atoms with Gasteiger partial charge >= 0.3 is 0 Å². The van der Waals surface area contributed by atoms with Crippen LogP contribution < -0.4 is 5.32 Å². The molecular formula is C17H23FN4O2S. The zero-order chi connectivity index (χ0) is 17.8. The number of nitrogens with zero attached hydrogens (tertiary/aromatic N) is 3. The maximum atomic E-state index is 14.0. The first kappa shape index (κ1) is 17.9. The van der Waals surface area contributed by atoms with Crippen LogP contribution >= 0.6 is 11.3 Å². The van der Waals surface area contributed by atoms with E-state index in [1.54, 1.807) is 0 Å². The van der Waals surface area contributed by atoms with E-state index in [9.17, 15) is 9.18 Å². The van der Waals surface area contributed by atoms with Gasteiger partial charge in [-0.2, -0.15) is 9.37 Å². The number of pyridine rings is 1. The lowest BCUT2D eigenvalue weighted by molar-refractivity contribution is -0.114. The van der Waals surface area contributed by atoms with Gasteiger partial charge in [0, 0.05) is 46.3 Å². The molecule has 0 unspecified atom stereocenters. The summed E-state index contributed by atoms with van der Waals surface area (Å²) < 4.78 is 19.8. The summed E-state index contributed by atoms with van der Waals surface area (Å²) in [4.78, 5) is 21.8. The lowest BCUT2D eigenvalue weighted by Gasteiger charge is -2.32. The molecule has 2 aromatic rings. The van der Waals surface area contributed by atoms with Crippen molar-refractivity contribution in [3.05, 3.63) is 40.4 Å². The highest BCUT2D eigenvalue weighted by Crippen LogP contribution is 2.24. The molecule has 0 aliphatic carbocycles. The summed E-state index contributed by atoms with van der Waals surface area (Å²) in [6, 6.07) is 4.05. The molecule has 0 spiro atoms. The van der Waals surface area contributed by atoms with Gasteiger partial charge in [0.05, 0.1) is 17.6 Å². The van der Waals surface area contributed by atoms with E-state index >= 15 is 0 Å². The Balaban J connectivity index is 0.00000243. The number of ether oxygens (including phenoxy) is 1. The van der Waals surface area contributed by atoms with Gasteiger partial charge in [0.15, 0.2) is 5.13 Å². The number of hydrogen-bond acceptors (Lipinski definition) is 6. The Bertz CT molecular complexity index is 741. The van der Waals surface area contributed by atoms with Gasteiger partial charge in [-0.3, -0.25) is 14.7 Å². The summed E-state index contributed by atoms with van der Waals surface area (Å²) in [6.07, 6.45) is 2.72. The highest BCUT2D eigenvalue weighted by atomic mass is 32.1. The zero-order valence-electron chi connectivity index (χ0n) is 14.3. The molecule has 1 amide bonds. The van der Waals surface area contributed by atoms with Crippen LogP contribution in [0.5, 0.6) is 0 Å². The normalized spacial score (nSPS) is 18.3. The average Bonchev–Trinajstić information content (AvgIpc) is 2.88. The first-order chi connectivity index (χ1) is 12.0. The Hall–Kier alpha value is -1.90. The Morgan fingerprint density at radius 1 is 1.56 bits per heavy atom. The van der Waals surface area contributed by atoms with Crippen molar-refractivity contribution < 1.29 is 15.3 Å². The SMILES string of the molecule is CC(=O)Nc1nc(F)c(CN2CCO[C@H](Cc3ccc(C)nc3)C2)s1.[HH]. The van der Waals surface area contributed by atoms with Gasteiger partial charge in [0.1, 0.15) is 0 Å². The molecule has 1 aliphatic heterocycles. The van der Waals surface area contributed by atoms with Gasteiger partial charge in [-0.15, -0.1) is 0 Å². The maximum absolute atomic E-state index is 14.0. The van der Waals surface area contributed by atoms with Crippen molar-refractivity contribution in [3.63, 3.8) is 0 Å². The fourth-order valence-electron chi connectivity index (χ4n) is 2.77. The minimum Gasteiger partial charge on any atom is -0.375 e. The molecule has 3 heterocycles. The largest absolute Gasteiger partial charge is 0.375 e. The van der Waals surface area contributed by atoms with Crippen molar-refractivity contribution >= 4 is 22.4 Å². The number of nitrogens with one attached hydrogen (secondary N) is 1. The molecule has 1 fully saturated rings. The molecule has 1 N–H and O–H groups in total. The van der Waals surface area contributed by atoms with Crippen LogP contribution in [0.3, 0.4) is 0 Å². The second kappa shape index (κ2) is 7.99. The van der Waals surface area contributed by atoms with Crippen molar-refractivity contribution in [3.8, 4) is 0 Å². The highest BCUT2D eigenvalue weighted by molar-refractivity contribution is 7.15. The van der Waals surface area contributed by atoms with Crippen LogP contribution in [0.15, 0.2) is 18.3 Å². The molecule has 0 saturated carbocycles. The third-order valence-electron chi connectivity index (χ3n) is 3.96. The number of thiazole rings is 1. The van der Waals surface area contributed by atoms with Gasteiger partial charge in [0.2, 0.25) is 11.9 Å². The van der Waals surface area contributed by atoms with Crippen LogP contribution in [0.4, 0.5) is 9.52 Å². The fraction of sp³-hybridized carbons (Fsp3) is 0.471. The predicted molar refractivity (Wildman–Crippen MR) is 96.2 cm³/mol. The lowest BCUT2D eigenvalue weighted by atomic mass is 10.1. The molecule has 3 rings (SSSR count). The third-order valence-corrected chi connectivity index (χ3v) is 4.89. The Morgan fingerprint density at radius 2 is 2.40 bits per heavy atom. The number of aryl methyl sites for hydroxylation is 1. The monoisotopic (exact) mass is 366 g/mol. The highest BCUT2D eigenvalue weighted by Gasteiger charge is 2.23. The van der Waals surface area contributed by atoms with E-state index in [-0.39, 0.29) is 13.4 Å². The average molecular weight is 366 g/mol. The number of morpholine rings is 1. The summed E-state index contributed by atoms with van der Waals surface area (Å²) in [5.41, 5.74) is 2.12. The third kappa shape index (κ3) is 5.04. The maximum Gasteiger partial charge on any atom is 0.230 e. The van der Waals surface area contributed by atoms with E-state index in [4.69, 9.17) is 4.74 Å².